The summed E-state index contributed by atoms with van der Waals surface area (Å²) in [5.74, 6) is 0.731. The van der Waals surface area contributed by atoms with Crippen LogP contribution >= 0.6 is 9.12 Å². The quantitative estimate of drug-likeness (QED) is 0.358. The van der Waals surface area contributed by atoms with Gasteiger partial charge in [0, 0.05) is 29.0 Å². The molecule has 3 N–H and O–H groups in total. The van der Waals surface area contributed by atoms with E-state index in [4.69, 9.17) is 15.3 Å². The molecule has 0 aliphatic heterocycles. The third-order valence-electron chi connectivity index (χ3n) is 3.48. The van der Waals surface area contributed by atoms with Gasteiger partial charge in [0.25, 0.3) is 0 Å². The van der Waals surface area contributed by atoms with E-state index in [9.17, 15) is 9.59 Å². The SMILES string of the molecule is C.C.C.CCC(=O)CC.CCC(C)CC.CCC(O)CC.O=C(CO)CO.[B].[B][B]P.[H-].[Na+]. The van der Waals surface area contributed by atoms with Gasteiger partial charge in [-0.3, -0.25) is 9.59 Å². The Kier molecular flexibility index (Phi) is 127. The maximum Gasteiger partial charge on any atom is 1.00 e. The predicted octanol–water partition coefficient (Wildman–Crippen LogP) is 1.73. The van der Waals surface area contributed by atoms with Crippen LogP contribution in [0.25, 0.3) is 0 Å². The fourth-order valence-corrected chi connectivity index (χ4v) is 0.877. The number of carbonyl (C=O) groups is 2. The van der Waals surface area contributed by atoms with Crippen LogP contribution in [-0.4, -0.2) is 69.2 Å². The maximum absolute atomic E-state index is 10.2. The number of aliphatic hydroxyl groups excluding tert-OH is 3. The zero-order valence-electron chi connectivity index (χ0n) is 21.3. The van der Waals surface area contributed by atoms with Crippen LogP contribution in [0.5, 0.6) is 0 Å². The van der Waals surface area contributed by atoms with E-state index in [0.29, 0.717) is 18.6 Å². The second-order valence-corrected chi connectivity index (χ2v) is 6.07. The normalized spacial score (nSPS) is 7.28. The van der Waals surface area contributed by atoms with Crippen molar-refractivity contribution < 1.29 is 55.9 Å². The minimum Gasteiger partial charge on any atom is -1.00 e. The third-order valence-corrected chi connectivity index (χ3v) is 3.48. The van der Waals surface area contributed by atoms with E-state index in [1.165, 1.54) is 19.7 Å². The molecule has 0 fully saturated rings. The van der Waals surface area contributed by atoms with E-state index in [0.717, 1.165) is 18.8 Å². The minimum atomic E-state index is -0.559. The van der Waals surface area contributed by atoms with Crippen LogP contribution in [0.2, 0.25) is 0 Å². The van der Waals surface area contributed by atoms with E-state index < -0.39 is 19.0 Å². The standard InChI is InChI=1S/C6H14.C5H12O.C5H10O.C3H6O3.3CH4.B2H2P.B.Na.H/c1-4-6(3)5-2;2*1-3-5(6)4-2;4-1-3(6)2-5;;;;1-2-3;;;/h6H,4-5H2,1-3H3;5-6H,3-4H2,1-2H3;3-4H2,1-2H3;4-5H,1-2H2;3*1H4;3H2;;;/q;;;;;;;;;+1;-1. The molecule has 0 aliphatic carbocycles. The number of rotatable bonds is 8. The molecule has 190 valence electrons. The van der Waals surface area contributed by atoms with E-state index in [1.54, 1.807) is 0 Å². The van der Waals surface area contributed by atoms with E-state index in [2.05, 4.69) is 37.6 Å². The first-order valence-electron chi connectivity index (χ1n) is 9.83. The molecule has 0 heterocycles. The van der Waals surface area contributed by atoms with Crippen LogP contribution in [0, 0.1) is 5.92 Å². The van der Waals surface area contributed by atoms with Crippen LogP contribution in [0.1, 0.15) is 111 Å². The van der Waals surface area contributed by atoms with Crippen molar-refractivity contribution in [3.05, 3.63) is 0 Å². The minimum absolute atomic E-state index is 0. The first-order valence-corrected chi connectivity index (χ1v) is 10.5. The fraction of sp³-hybridized carbons (Fsp3) is 0.909. The monoisotopic (exact) mass is 488 g/mol. The van der Waals surface area contributed by atoms with Gasteiger partial charge in [0.05, 0.1) is 13.0 Å². The number of hydrogen-bond donors (Lipinski definition) is 3. The predicted molar refractivity (Wildman–Crippen MR) is 149 cm³/mol. The molecule has 0 bridgehead atoms. The maximum atomic E-state index is 10.2. The Hall–Kier alpha value is 0.845. The topological polar surface area (TPSA) is 94.8 Å². The van der Waals surface area contributed by atoms with Crippen molar-refractivity contribution in [1.29, 1.82) is 0 Å². The molecule has 0 aliphatic rings. The van der Waals surface area contributed by atoms with E-state index >= 15 is 0 Å². The molecular weight excluding hydrogens is 431 g/mol. The Morgan fingerprint density at radius 3 is 1.09 bits per heavy atom. The molecule has 0 saturated carbocycles. The van der Waals surface area contributed by atoms with Crippen molar-refractivity contribution in [3.8, 4) is 0 Å². The molecule has 0 aromatic rings. The van der Waals surface area contributed by atoms with Crippen LogP contribution < -0.4 is 29.6 Å². The fourth-order valence-electron chi connectivity index (χ4n) is 0.877. The second-order valence-electron chi connectivity index (χ2n) is 5.69. The van der Waals surface area contributed by atoms with Crippen molar-refractivity contribution in [2.75, 3.05) is 13.2 Å². The van der Waals surface area contributed by atoms with Gasteiger partial charge in [-0.2, -0.15) is 9.12 Å². The average Bonchev–Trinajstić information content (AvgIpc) is 2.72. The average molecular weight is 488 g/mol. The summed E-state index contributed by atoms with van der Waals surface area (Å²) in [5, 5.41) is 24.3. The van der Waals surface area contributed by atoms with Gasteiger partial charge in [-0.25, -0.2) is 0 Å². The van der Waals surface area contributed by atoms with Gasteiger partial charge in [-0.05, 0) is 18.8 Å². The summed E-state index contributed by atoms with van der Waals surface area (Å²) in [6.45, 7) is 14.8. The summed E-state index contributed by atoms with van der Waals surface area (Å²) < 4.78 is 0. The molecule has 0 saturated heterocycles. The Labute approximate surface area is 233 Å². The Balaban J connectivity index is -0.0000000197. The number of carbonyl (C=O) groups excluding carboxylic acids is 2. The van der Waals surface area contributed by atoms with E-state index in [1.807, 2.05) is 27.7 Å². The first kappa shape index (κ1) is 63.8. The Bertz CT molecular complexity index is 255. The summed E-state index contributed by atoms with van der Waals surface area (Å²) in [7, 11) is 6.92. The van der Waals surface area contributed by atoms with Crippen molar-refractivity contribution in [2.45, 2.75) is 115 Å². The van der Waals surface area contributed by atoms with Gasteiger partial charge in [-0.1, -0.05) is 83.6 Å². The largest absolute Gasteiger partial charge is 1.00 e. The molecule has 10 heteroatoms. The van der Waals surface area contributed by atoms with E-state index in [-0.39, 0.29) is 67.8 Å². The Morgan fingerprint density at radius 2 is 1.09 bits per heavy atom. The zero-order valence-corrected chi connectivity index (χ0v) is 23.4. The van der Waals surface area contributed by atoms with Crippen molar-refractivity contribution in [1.82, 2.24) is 0 Å². The molecule has 0 rings (SSSR count). The smallest absolute Gasteiger partial charge is 1.00 e. The second kappa shape index (κ2) is 63.5. The van der Waals surface area contributed by atoms with Crippen molar-refractivity contribution >= 4 is 43.7 Å². The number of aliphatic hydroxyl groups is 3. The zero-order chi connectivity index (χ0) is 22.7. The van der Waals surface area contributed by atoms with Crippen LogP contribution in [0.4, 0.5) is 0 Å². The van der Waals surface area contributed by atoms with Gasteiger partial charge >= 0.3 is 29.6 Å². The molecule has 6 radical (unpaired) electrons. The van der Waals surface area contributed by atoms with Crippen molar-refractivity contribution in [3.63, 3.8) is 0 Å². The third kappa shape index (κ3) is 96.8. The molecule has 1 unspecified atom stereocenters. The number of hydrogen-bond acceptors (Lipinski definition) is 5. The van der Waals surface area contributed by atoms with Gasteiger partial charge in [0.1, 0.15) is 19.0 Å². The number of ketones is 2. The summed E-state index contributed by atoms with van der Waals surface area (Å²) in [6.07, 6.45) is 5.75. The summed E-state index contributed by atoms with van der Waals surface area (Å²) >= 11 is 0. The van der Waals surface area contributed by atoms with Gasteiger partial charge in [-0.15, -0.1) is 0 Å². The Morgan fingerprint density at radius 1 is 0.844 bits per heavy atom. The molecule has 0 aromatic carbocycles. The molecule has 32 heavy (non-hydrogen) atoms. The van der Waals surface area contributed by atoms with Gasteiger partial charge in [0.2, 0.25) is 0 Å². The molecule has 1 atom stereocenters. The van der Waals surface area contributed by atoms with Crippen LogP contribution in [0.3, 0.4) is 0 Å². The van der Waals surface area contributed by atoms with Crippen molar-refractivity contribution in [2.24, 2.45) is 5.92 Å². The molecule has 0 spiro atoms. The van der Waals surface area contributed by atoms with Gasteiger partial charge < -0.3 is 16.7 Å². The molecule has 0 amide bonds. The molecule has 5 nitrogen and oxygen atoms in total. The molecule has 0 aromatic heterocycles. The van der Waals surface area contributed by atoms with Gasteiger partial charge in [0.15, 0.2) is 5.78 Å². The summed E-state index contributed by atoms with van der Waals surface area (Å²) in [4.78, 5) is 19.9. The molecular formula is C22H57B3NaO5P. The number of Topliss-reactive ketones (excluding diaryl/α,β-unsaturated/α-hetero) is 2. The summed E-state index contributed by atoms with van der Waals surface area (Å²) in [6, 6.07) is 0. The first-order chi connectivity index (χ1) is 12.6. The van der Waals surface area contributed by atoms with Crippen LogP contribution in [0.15, 0.2) is 0 Å². The van der Waals surface area contributed by atoms with Crippen LogP contribution in [-0.2, 0) is 9.59 Å². The summed E-state index contributed by atoms with van der Waals surface area (Å²) in [5.41, 5.74) is 0.